The molecular formula is C108H122Cl3N17O9S4. The summed E-state index contributed by atoms with van der Waals surface area (Å²) in [6, 6.07) is 32.1. The molecule has 0 saturated carbocycles. The third-order valence-electron chi connectivity index (χ3n) is 28.8. The number of rotatable bonds is 3. The molecule has 0 fully saturated rings. The highest BCUT2D eigenvalue weighted by Gasteiger charge is 2.34. The highest BCUT2D eigenvalue weighted by Crippen LogP contribution is 2.49. The van der Waals surface area contributed by atoms with Crippen molar-refractivity contribution in [1.82, 2.24) is 83.0 Å². The van der Waals surface area contributed by atoms with Crippen LogP contribution in [-0.2, 0) is 170 Å². The predicted molar refractivity (Wildman–Crippen MR) is 564 cm³/mol. The summed E-state index contributed by atoms with van der Waals surface area (Å²) in [5, 5.41) is 41.1. The quantitative estimate of drug-likeness (QED) is 0.123. The topological polar surface area (TPSA) is 252 Å². The van der Waals surface area contributed by atoms with Crippen LogP contribution in [0, 0.1) is 41.5 Å². The molecule has 9 aromatic heterocycles. The van der Waals surface area contributed by atoms with Gasteiger partial charge in [0.25, 0.3) is 0 Å². The predicted octanol–water partition coefficient (Wildman–Crippen LogP) is 22.4. The summed E-state index contributed by atoms with van der Waals surface area (Å²) >= 11 is 28.4. The lowest BCUT2D eigenvalue weighted by molar-refractivity contribution is 0.0578. The smallest absolute Gasteiger partial charge is 0.354 e. The van der Waals surface area contributed by atoms with Crippen LogP contribution in [0.2, 0.25) is 15.1 Å². The maximum atomic E-state index is 13.3. The first-order valence-electron chi connectivity index (χ1n) is 48.8. The second-order valence-corrected chi connectivity index (χ2v) is 43.0. The summed E-state index contributed by atoms with van der Waals surface area (Å²) in [6.07, 6.45) is 15.7. The molecule has 141 heavy (non-hydrogen) atoms. The molecular weight excluding hydrogens is 1910 g/mol. The number of fused-ring (bicyclic) bond motifs is 24. The number of nitrogens with zero attached hydrogens (tertiary/aromatic N) is 15. The SMILES string of the molecule is COC(=O)c1c(C)c2c3c(Cl)ccc2n1CCCOc1cc(cc2c1CCCC2)SCc1cc(nn1C)CNCc1nn(C)c(C)c1-3.COC(=O)c1c(C)c2c3c(Cl)ccc2n1CCCOc1cc(cc2c1CCCC2)SCc1cc(nn1C)CNCc1nn(C)c(C)c1-3.COC(=O)c1c(C)c2c3c(Cl)ccc2n1CCCOc1cc(cc2c1CCCC2)SCc1cc(nn1C)CSCc1nn(C)c(C)c1-3. The van der Waals surface area contributed by atoms with Crippen molar-refractivity contribution in [3.63, 3.8) is 0 Å². The number of hydrogen-bond donors (Lipinski definition) is 2. The first kappa shape index (κ1) is 99.0. The summed E-state index contributed by atoms with van der Waals surface area (Å²) in [5.74, 6) is 5.82. The van der Waals surface area contributed by atoms with Gasteiger partial charge >= 0.3 is 17.9 Å². The molecule has 33 heteroatoms. The third kappa shape index (κ3) is 19.8. The molecule has 2 N–H and O–H groups in total. The molecule has 0 unspecified atom stereocenters. The van der Waals surface area contributed by atoms with Crippen LogP contribution in [0.5, 0.6) is 17.2 Å². The van der Waals surface area contributed by atoms with Crippen LogP contribution in [0.15, 0.2) is 106 Å². The average Bonchev–Trinajstić information content (AvgIpc) is 1.58. The molecule has 6 aromatic carbocycles. The fourth-order valence-electron chi connectivity index (χ4n) is 21.7. The minimum atomic E-state index is -0.366. The van der Waals surface area contributed by atoms with Crippen LogP contribution in [-0.4, -0.2) is 131 Å². The fourth-order valence-corrected chi connectivity index (χ4v) is 26.3. The van der Waals surface area contributed by atoms with Gasteiger partial charge in [0.15, 0.2) is 0 Å². The molecule has 0 amide bonds. The van der Waals surface area contributed by atoms with Gasteiger partial charge in [-0.2, -0.15) is 30.6 Å². The van der Waals surface area contributed by atoms with Crippen LogP contribution < -0.4 is 24.8 Å². The van der Waals surface area contributed by atoms with Crippen LogP contribution in [0.3, 0.4) is 0 Å². The van der Waals surface area contributed by atoms with Gasteiger partial charge in [-0.3, -0.25) is 28.1 Å². The Balaban J connectivity index is 0.000000134. The van der Waals surface area contributed by atoms with Gasteiger partial charge in [0.2, 0.25) is 0 Å². The second-order valence-electron chi connectivity index (χ2n) is 37.6. The number of benzene rings is 6. The van der Waals surface area contributed by atoms with Crippen molar-refractivity contribution >= 4 is 132 Å². The number of carbonyl (C=O) groups excluding carboxylic acids is 3. The average molecular weight is 2040 g/mol. The zero-order chi connectivity index (χ0) is 98.5. The van der Waals surface area contributed by atoms with Gasteiger partial charge in [0.05, 0.1) is 75.3 Å². The Morgan fingerprint density at radius 3 is 1.00 bits per heavy atom. The van der Waals surface area contributed by atoms with E-state index in [-0.39, 0.29) is 17.9 Å². The molecule has 0 saturated heterocycles. The molecule has 12 heterocycles. The molecule has 21 rings (SSSR count). The number of carbonyl (C=O) groups is 3. The Bertz CT molecular complexity index is 6710. The van der Waals surface area contributed by atoms with E-state index in [1.54, 1.807) is 11.8 Å². The van der Waals surface area contributed by atoms with E-state index in [0.29, 0.717) is 104 Å². The van der Waals surface area contributed by atoms with Crippen molar-refractivity contribution in [3.05, 3.63) is 242 Å². The van der Waals surface area contributed by atoms with Gasteiger partial charge < -0.3 is 52.8 Å². The lowest BCUT2D eigenvalue weighted by atomic mass is 9.91. The first-order chi connectivity index (χ1) is 68.2. The zero-order valence-corrected chi connectivity index (χ0v) is 88.6. The molecule has 738 valence electrons. The lowest BCUT2D eigenvalue weighted by Gasteiger charge is -2.21. The van der Waals surface area contributed by atoms with Crippen molar-refractivity contribution in [2.24, 2.45) is 42.3 Å². The Kier molecular flexibility index (Phi) is 29.9. The maximum absolute atomic E-state index is 13.3. The number of methoxy groups -OCH3 is 3. The number of thioether (sulfide) groups is 4. The molecule has 0 spiro atoms. The van der Waals surface area contributed by atoms with Crippen molar-refractivity contribution in [1.29, 1.82) is 0 Å². The van der Waals surface area contributed by atoms with Crippen molar-refractivity contribution in [2.75, 3.05) is 41.2 Å². The van der Waals surface area contributed by atoms with Crippen LogP contribution >= 0.6 is 81.9 Å². The number of ether oxygens (including phenoxy) is 6. The summed E-state index contributed by atoms with van der Waals surface area (Å²) in [5.41, 5.74) is 33.2. The van der Waals surface area contributed by atoms with Crippen molar-refractivity contribution < 1.29 is 42.8 Å². The Hall–Kier alpha value is -10.8. The highest BCUT2D eigenvalue weighted by molar-refractivity contribution is 7.99. The van der Waals surface area contributed by atoms with E-state index in [1.807, 2.05) is 163 Å². The molecule has 15 aromatic rings. The monoisotopic (exact) mass is 2030 g/mol. The van der Waals surface area contributed by atoms with Gasteiger partial charge in [-0.15, -0.1) is 47.0 Å². The molecule has 3 aliphatic carbocycles. The first-order valence-corrected chi connectivity index (χ1v) is 54.0. The summed E-state index contributed by atoms with van der Waals surface area (Å²) in [4.78, 5) is 43.6. The zero-order valence-electron chi connectivity index (χ0n) is 83.0. The normalized spacial score (nSPS) is 15.5. The van der Waals surface area contributed by atoms with Crippen LogP contribution in [0.1, 0.15) is 208 Å². The number of aromatic nitrogens is 15. The molecule has 6 aliphatic rings. The van der Waals surface area contributed by atoms with Gasteiger partial charge in [0, 0.05) is 247 Å². The standard InChI is InChI=1S/2C36H41ClN6O3S.C36H40ClN5O3S2/c2*1-21-32-30-12-11-28(37)34(32)33-22(2)41(3)40-29(33)19-38-18-24-16-25(42(4)39-24)20-47-26-15-23-9-6-7-10-27(23)31(17-26)46-14-8-13-43(30)35(21)36(44)45-5;1-21-32-30-12-11-28(37)34(32)33-22(2)40(3)39-29(33)20-46-18-24-16-25(41(4)38-24)19-47-26-15-23-9-6-7-10-27(23)31(17-26)45-14-8-13-42(30)35(21)36(43)44-5/h2*11-12,15-17,38H,6-10,13-14,18-20H2,1-5H3;11-12,15-17H,6-10,13-14,18-20H2,1-5H3. The van der Waals surface area contributed by atoms with Gasteiger partial charge in [0.1, 0.15) is 34.3 Å². The van der Waals surface area contributed by atoms with Gasteiger partial charge in [-0.05, 0) is 279 Å². The minimum absolute atomic E-state index is 0.358. The molecule has 24 bridgehead atoms. The summed E-state index contributed by atoms with van der Waals surface area (Å²) < 4.78 is 53.6. The van der Waals surface area contributed by atoms with Crippen molar-refractivity contribution in [3.8, 4) is 50.6 Å². The Labute approximate surface area is 854 Å². The highest BCUT2D eigenvalue weighted by atomic mass is 35.5. The van der Waals surface area contributed by atoms with E-state index in [2.05, 4.69) is 99.7 Å². The van der Waals surface area contributed by atoms with Crippen LogP contribution in [0.25, 0.3) is 66.1 Å². The molecule has 3 aliphatic heterocycles. The van der Waals surface area contributed by atoms with E-state index in [4.69, 9.17) is 93.8 Å². The lowest BCUT2D eigenvalue weighted by Crippen LogP contribution is -2.14. The Morgan fingerprint density at radius 1 is 0.348 bits per heavy atom. The molecule has 0 atom stereocenters. The van der Waals surface area contributed by atoms with E-state index in [9.17, 15) is 14.4 Å². The summed E-state index contributed by atoms with van der Waals surface area (Å²) in [6.45, 7) is 17.8. The number of halogens is 3. The molecule has 0 radical (unpaired) electrons. The third-order valence-corrected chi connectivity index (χ3v) is 33.8. The Morgan fingerprint density at radius 2 is 0.660 bits per heavy atom. The van der Waals surface area contributed by atoms with E-state index in [0.717, 1.165) is 232 Å². The number of hydrogen-bond acceptors (Lipinski definition) is 21. The minimum Gasteiger partial charge on any atom is -0.493 e. The van der Waals surface area contributed by atoms with Gasteiger partial charge in [-0.25, -0.2) is 14.4 Å². The second kappa shape index (κ2) is 42.6. The molecule has 26 nitrogen and oxygen atoms in total. The number of aryl methyl sites for hydroxylation is 15. The van der Waals surface area contributed by atoms with Crippen LogP contribution in [0.4, 0.5) is 0 Å². The van der Waals surface area contributed by atoms with Gasteiger partial charge in [-0.1, -0.05) is 34.8 Å². The maximum Gasteiger partial charge on any atom is 0.354 e. The number of nitrogens with one attached hydrogen (secondary N) is 2. The number of esters is 3. The largest absolute Gasteiger partial charge is 0.493 e. The fraction of sp³-hybridized carbons (Fsp3) is 0.417. The summed E-state index contributed by atoms with van der Waals surface area (Å²) in [7, 11) is 16.2. The van der Waals surface area contributed by atoms with E-state index < -0.39 is 0 Å². The van der Waals surface area contributed by atoms with E-state index >= 15 is 0 Å². The van der Waals surface area contributed by atoms with E-state index in [1.165, 1.54) is 125 Å². The van der Waals surface area contributed by atoms with Crippen molar-refractivity contribution in [2.45, 2.75) is 227 Å².